The van der Waals surface area contributed by atoms with Crippen LogP contribution in [-0.2, 0) is 11.4 Å². The lowest BCUT2D eigenvalue weighted by atomic mass is 10.1. The van der Waals surface area contributed by atoms with Gasteiger partial charge in [-0.2, -0.15) is 5.26 Å². The highest BCUT2D eigenvalue weighted by Crippen LogP contribution is 2.28. The molecule has 1 amide bonds. The molecule has 0 atom stereocenters. The highest BCUT2D eigenvalue weighted by atomic mass is 79.9. The zero-order valence-electron chi connectivity index (χ0n) is 18.8. The minimum absolute atomic E-state index is 0.000385. The Balaban J connectivity index is 1.67. The largest absolute Gasteiger partial charge is 0.494 e. The topological polar surface area (TPSA) is 71.3 Å². The quantitative estimate of drug-likeness (QED) is 0.277. The second kappa shape index (κ2) is 11.3. The maximum atomic E-state index is 12.6. The maximum absolute atomic E-state index is 12.6. The number of amides is 1. The van der Waals surface area contributed by atoms with Gasteiger partial charge in [-0.3, -0.25) is 4.79 Å². The number of carbonyl (C=O) groups excluding carboxylic acids is 1. The molecule has 0 radical (unpaired) electrons. The van der Waals surface area contributed by atoms with Crippen molar-refractivity contribution in [1.82, 2.24) is 0 Å². The smallest absolute Gasteiger partial charge is 0.266 e. The molecule has 5 nitrogen and oxygen atoms in total. The zero-order chi connectivity index (χ0) is 23.8. The molecule has 0 aromatic heterocycles. The summed E-state index contributed by atoms with van der Waals surface area (Å²) >= 11 is 3.52. The van der Waals surface area contributed by atoms with Crippen LogP contribution < -0.4 is 14.8 Å². The first-order valence-corrected chi connectivity index (χ1v) is 11.3. The van der Waals surface area contributed by atoms with Gasteiger partial charge in [0.15, 0.2) is 0 Å². The predicted octanol–water partition coefficient (Wildman–Crippen LogP) is 6.59. The summed E-state index contributed by atoms with van der Waals surface area (Å²) in [6.45, 7) is 7.08. The number of carbonyl (C=O) groups is 1. The summed E-state index contributed by atoms with van der Waals surface area (Å²) in [6.07, 6.45) is 1.54. The summed E-state index contributed by atoms with van der Waals surface area (Å²) in [6, 6.07) is 20.7. The number of nitriles is 1. The van der Waals surface area contributed by atoms with E-state index in [-0.39, 0.29) is 5.57 Å². The van der Waals surface area contributed by atoms with E-state index in [4.69, 9.17) is 9.47 Å². The molecule has 0 spiro atoms. The van der Waals surface area contributed by atoms with Gasteiger partial charge in [0.2, 0.25) is 0 Å². The van der Waals surface area contributed by atoms with Crippen LogP contribution in [0.4, 0.5) is 5.69 Å². The van der Waals surface area contributed by atoms with Crippen molar-refractivity contribution in [2.45, 2.75) is 27.4 Å². The first-order valence-electron chi connectivity index (χ1n) is 10.5. The van der Waals surface area contributed by atoms with Gasteiger partial charge in [0.25, 0.3) is 5.91 Å². The average molecular weight is 505 g/mol. The number of aryl methyl sites for hydroxylation is 2. The third-order valence-electron chi connectivity index (χ3n) is 5.02. The van der Waals surface area contributed by atoms with Gasteiger partial charge in [-0.25, -0.2) is 0 Å². The molecular formula is C27H25BrN2O3. The Bertz CT molecular complexity index is 1210. The van der Waals surface area contributed by atoms with Crippen molar-refractivity contribution < 1.29 is 14.3 Å². The molecule has 3 aromatic rings. The van der Waals surface area contributed by atoms with Gasteiger partial charge in [-0.05, 0) is 101 Å². The summed E-state index contributed by atoms with van der Waals surface area (Å²) in [4.78, 5) is 12.6. The van der Waals surface area contributed by atoms with Gasteiger partial charge in [-0.15, -0.1) is 0 Å². The van der Waals surface area contributed by atoms with Gasteiger partial charge < -0.3 is 14.8 Å². The molecule has 3 aromatic carbocycles. The van der Waals surface area contributed by atoms with Crippen LogP contribution in [0, 0.1) is 25.2 Å². The fourth-order valence-corrected chi connectivity index (χ4v) is 3.60. The third-order valence-corrected chi connectivity index (χ3v) is 5.64. The summed E-state index contributed by atoms with van der Waals surface area (Å²) in [5.74, 6) is 0.923. The van der Waals surface area contributed by atoms with Crippen molar-refractivity contribution >= 4 is 33.6 Å². The molecule has 3 rings (SSSR count). The molecule has 0 heterocycles. The minimum atomic E-state index is -0.479. The lowest BCUT2D eigenvalue weighted by Gasteiger charge is -2.10. The Kier molecular flexibility index (Phi) is 8.28. The molecule has 0 aliphatic heterocycles. The number of benzene rings is 3. The van der Waals surface area contributed by atoms with Crippen LogP contribution in [0.3, 0.4) is 0 Å². The molecule has 1 N–H and O–H groups in total. The van der Waals surface area contributed by atoms with Crippen molar-refractivity contribution in [2.24, 2.45) is 0 Å². The highest BCUT2D eigenvalue weighted by molar-refractivity contribution is 9.10. The molecular weight excluding hydrogens is 480 g/mol. The molecule has 0 fully saturated rings. The predicted molar refractivity (Wildman–Crippen MR) is 134 cm³/mol. The number of hydrogen-bond acceptors (Lipinski definition) is 4. The molecule has 33 heavy (non-hydrogen) atoms. The van der Waals surface area contributed by atoms with E-state index >= 15 is 0 Å². The summed E-state index contributed by atoms with van der Waals surface area (Å²) in [5, 5.41) is 12.2. The normalized spacial score (nSPS) is 10.9. The van der Waals surface area contributed by atoms with E-state index in [9.17, 15) is 10.1 Å². The zero-order valence-corrected chi connectivity index (χ0v) is 20.4. The van der Waals surface area contributed by atoms with Crippen LogP contribution in [-0.4, -0.2) is 12.5 Å². The first-order chi connectivity index (χ1) is 15.9. The monoisotopic (exact) mass is 504 g/mol. The van der Waals surface area contributed by atoms with Crippen LogP contribution in [0.2, 0.25) is 0 Å². The van der Waals surface area contributed by atoms with E-state index in [0.717, 1.165) is 15.8 Å². The third kappa shape index (κ3) is 6.71. The molecule has 0 unspecified atom stereocenters. The standard InChI is InChI=1S/C27H25BrN2O3/c1-4-32-24-10-8-23(9-11-24)30-27(31)22(16-29)14-20-7-12-26(25(28)15-20)33-17-21-6-5-18(2)19(3)13-21/h5-15H,4,17H2,1-3H3,(H,30,31)/b22-14+. The Morgan fingerprint density at radius 1 is 1.03 bits per heavy atom. The van der Waals surface area contributed by atoms with Crippen molar-refractivity contribution in [3.8, 4) is 17.6 Å². The van der Waals surface area contributed by atoms with Crippen molar-refractivity contribution in [2.75, 3.05) is 11.9 Å². The lowest BCUT2D eigenvalue weighted by molar-refractivity contribution is -0.112. The van der Waals surface area contributed by atoms with E-state index in [1.807, 2.05) is 31.2 Å². The number of nitrogens with one attached hydrogen (secondary N) is 1. The van der Waals surface area contributed by atoms with Crippen LogP contribution in [0.25, 0.3) is 6.08 Å². The number of rotatable bonds is 8. The Hall–Kier alpha value is -3.56. The lowest BCUT2D eigenvalue weighted by Crippen LogP contribution is -2.13. The van der Waals surface area contributed by atoms with Gasteiger partial charge in [-0.1, -0.05) is 24.3 Å². The SMILES string of the molecule is CCOc1ccc(NC(=O)/C(C#N)=C/c2ccc(OCc3ccc(C)c(C)c3)c(Br)c2)cc1. The van der Waals surface area contributed by atoms with Crippen molar-refractivity contribution in [1.29, 1.82) is 5.26 Å². The van der Waals surface area contributed by atoms with E-state index in [0.29, 0.717) is 30.2 Å². The number of nitrogens with zero attached hydrogens (tertiary/aromatic N) is 1. The van der Waals surface area contributed by atoms with E-state index in [1.54, 1.807) is 30.3 Å². The van der Waals surface area contributed by atoms with Crippen LogP contribution in [0.15, 0.2) is 70.7 Å². The fourth-order valence-electron chi connectivity index (χ4n) is 3.09. The van der Waals surface area contributed by atoms with Gasteiger partial charge in [0.1, 0.15) is 29.7 Å². The Labute approximate surface area is 202 Å². The van der Waals surface area contributed by atoms with Crippen LogP contribution >= 0.6 is 15.9 Å². The molecule has 168 valence electrons. The second-order valence-electron chi connectivity index (χ2n) is 7.48. The first kappa shape index (κ1) is 24.1. The highest BCUT2D eigenvalue weighted by Gasteiger charge is 2.11. The molecule has 0 bridgehead atoms. The van der Waals surface area contributed by atoms with Crippen LogP contribution in [0.1, 0.15) is 29.2 Å². The molecule has 0 saturated heterocycles. The number of hydrogen-bond donors (Lipinski definition) is 1. The molecule has 0 aliphatic rings. The van der Waals surface area contributed by atoms with Gasteiger partial charge >= 0.3 is 0 Å². The van der Waals surface area contributed by atoms with E-state index in [2.05, 4.69) is 53.3 Å². The Morgan fingerprint density at radius 3 is 2.42 bits per heavy atom. The van der Waals surface area contributed by atoms with Crippen molar-refractivity contribution in [3.05, 3.63) is 93.0 Å². The second-order valence-corrected chi connectivity index (χ2v) is 8.33. The molecule has 0 saturated carbocycles. The van der Waals surface area contributed by atoms with Gasteiger partial charge in [0, 0.05) is 5.69 Å². The number of halogens is 1. The fraction of sp³-hybridized carbons (Fsp3) is 0.185. The van der Waals surface area contributed by atoms with Crippen LogP contribution in [0.5, 0.6) is 11.5 Å². The van der Waals surface area contributed by atoms with Gasteiger partial charge in [0.05, 0.1) is 11.1 Å². The Morgan fingerprint density at radius 2 is 1.79 bits per heavy atom. The van der Waals surface area contributed by atoms with E-state index < -0.39 is 5.91 Å². The number of anilines is 1. The number of ether oxygens (including phenoxy) is 2. The molecule has 6 heteroatoms. The average Bonchev–Trinajstić information content (AvgIpc) is 2.80. The summed E-state index contributed by atoms with van der Waals surface area (Å²) in [5.41, 5.74) is 4.85. The maximum Gasteiger partial charge on any atom is 0.266 e. The van der Waals surface area contributed by atoms with E-state index in [1.165, 1.54) is 11.1 Å². The summed E-state index contributed by atoms with van der Waals surface area (Å²) < 4.78 is 12.1. The molecule has 0 aliphatic carbocycles. The van der Waals surface area contributed by atoms with Crippen molar-refractivity contribution in [3.63, 3.8) is 0 Å². The summed E-state index contributed by atoms with van der Waals surface area (Å²) in [7, 11) is 0. The minimum Gasteiger partial charge on any atom is -0.494 e.